The lowest BCUT2D eigenvalue weighted by atomic mass is 10.0. The molecule has 4 rings (SSSR count). The van der Waals surface area contributed by atoms with E-state index >= 15 is 0 Å². The molecule has 7 nitrogen and oxygen atoms in total. The zero-order valence-electron chi connectivity index (χ0n) is 17.0. The zero-order valence-corrected chi connectivity index (χ0v) is 17.8. The fourth-order valence-electron chi connectivity index (χ4n) is 3.41. The summed E-state index contributed by atoms with van der Waals surface area (Å²) < 4.78 is 5.38. The zero-order chi connectivity index (χ0) is 21.4. The smallest absolute Gasteiger partial charge is 0.259 e. The van der Waals surface area contributed by atoms with E-state index in [1.54, 1.807) is 55.6 Å². The molecule has 0 fully saturated rings. The van der Waals surface area contributed by atoms with Crippen LogP contribution in [-0.4, -0.2) is 29.0 Å². The lowest BCUT2D eigenvalue weighted by Crippen LogP contribution is -2.21. The van der Waals surface area contributed by atoms with Crippen LogP contribution in [0.4, 0.5) is 5.69 Å². The number of anilines is 1. The van der Waals surface area contributed by atoms with E-state index in [1.165, 1.54) is 0 Å². The van der Waals surface area contributed by atoms with Crippen molar-refractivity contribution in [2.75, 3.05) is 12.4 Å². The maximum Gasteiger partial charge on any atom is 0.259 e. The Balaban J connectivity index is 1.82. The van der Waals surface area contributed by atoms with E-state index in [4.69, 9.17) is 4.52 Å². The van der Waals surface area contributed by atoms with E-state index in [9.17, 15) is 9.59 Å². The van der Waals surface area contributed by atoms with Crippen molar-refractivity contribution in [3.8, 4) is 11.3 Å². The van der Waals surface area contributed by atoms with Gasteiger partial charge >= 0.3 is 0 Å². The van der Waals surface area contributed by atoms with Gasteiger partial charge in [-0.1, -0.05) is 17.3 Å². The van der Waals surface area contributed by atoms with Gasteiger partial charge in [-0.15, -0.1) is 11.3 Å². The Kier molecular flexibility index (Phi) is 5.09. The predicted molar refractivity (Wildman–Crippen MR) is 117 cm³/mol. The molecule has 2 amide bonds. The Morgan fingerprint density at radius 1 is 1.03 bits per heavy atom. The lowest BCUT2D eigenvalue weighted by molar-refractivity contribution is 0.0964. The Hall–Kier alpha value is -3.52. The van der Waals surface area contributed by atoms with Gasteiger partial charge in [-0.3, -0.25) is 9.59 Å². The minimum atomic E-state index is -0.365. The van der Waals surface area contributed by atoms with Crippen molar-refractivity contribution < 1.29 is 14.1 Å². The summed E-state index contributed by atoms with van der Waals surface area (Å²) in [6, 6.07) is 10.6. The minimum absolute atomic E-state index is 0.281. The van der Waals surface area contributed by atoms with Crippen LogP contribution in [0.3, 0.4) is 0 Å². The second-order valence-electron chi connectivity index (χ2n) is 6.91. The van der Waals surface area contributed by atoms with Crippen molar-refractivity contribution >= 4 is 39.9 Å². The van der Waals surface area contributed by atoms with Crippen LogP contribution in [0.2, 0.25) is 0 Å². The molecule has 1 aromatic carbocycles. The number of hydrogen-bond donors (Lipinski definition) is 2. The summed E-state index contributed by atoms with van der Waals surface area (Å²) >= 11 is 1.67. The second kappa shape index (κ2) is 7.72. The molecule has 0 aliphatic carbocycles. The fourth-order valence-corrected chi connectivity index (χ4v) is 4.34. The summed E-state index contributed by atoms with van der Waals surface area (Å²) in [6.07, 6.45) is 0. The molecule has 3 aromatic heterocycles. The van der Waals surface area contributed by atoms with Crippen LogP contribution < -0.4 is 10.6 Å². The van der Waals surface area contributed by atoms with Gasteiger partial charge in [-0.2, -0.15) is 0 Å². The maximum atomic E-state index is 13.3. The largest absolute Gasteiger partial charge is 0.355 e. The van der Waals surface area contributed by atoms with Crippen LogP contribution in [0, 0.1) is 20.8 Å². The monoisotopic (exact) mass is 420 g/mol. The van der Waals surface area contributed by atoms with Crippen LogP contribution in [0.5, 0.6) is 0 Å². The maximum absolute atomic E-state index is 13.3. The number of nitrogens with one attached hydrogen (secondary N) is 2. The highest BCUT2D eigenvalue weighted by Crippen LogP contribution is 2.33. The number of aromatic nitrogens is 2. The highest BCUT2D eigenvalue weighted by atomic mass is 32.1. The van der Waals surface area contributed by atoms with Crippen LogP contribution in [0.1, 0.15) is 36.2 Å². The van der Waals surface area contributed by atoms with Crippen molar-refractivity contribution in [3.63, 3.8) is 0 Å². The van der Waals surface area contributed by atoms with Crippen LogP contribution in [-0.2, 0) is 0 Å². The van der Waals surface area contributed by atoms with Crippen molar-refractivity contribution in [1.82, 2.24) is 15.5 Å². The second-order valence-corrected chi connectivity index (χ2v) is 8.37. The Morgan fingerprint density at radius 2 is 1.80 bits per heavy atom. The molecule has 0 saturated carbocycles. The van der Waals surface area contributed by atoms with Gasteiger partial charge in [-0.05, 0) is 45.0 Å². The SMILES string of the molecule is CNC(=O)c1ccccc1NC(=O)c1cc(-c2cc(C)sc2C)nc2onc(C)c12. The number of carbonyl (C=O) groups is 2. The van der Waals surface area contributed by atoms with Crippen LogP contribution in [0.15, 0.2) is 40.9 Å². The van der Waals surface area contributed by atoms with Gasteiger partial charge in [0.25, 0.3) is 17.5 Å². The molecule has 3 heterocycles. The number of fused-ring (bicyclic) bond motifs is 1. The Labute approximate surface area is 177 Å². The molecule has 152 valence electrons. The Morgan fingerprint density at radius 3 is 2.50 bits per heavy atom. The van der Waals surface area contributed by atoms with E-state index in [2.05, 4.69) is 20.8 Å². The summed E-state index contributed by atoms with van der Waals surface area (Å²) in [4.78, 5) is 32.3. The Bertz CT molecular complexity index is 1290. The quantitative estimate of drug-likeness (QED) is 0.507. The summed E-state index contributed by atoms with van der Waals surface area (Å²) in [5, 5.41) is 9.98. The first-order valence-corrected chi connectivity index (χ1v) is 10.2. The average Bonchev–Trinajstić information content (AvgIpc) is 3.28. The predicted octanol–water partition coefficient (Wildman–Crippen LogP) is 4.49. The molecule has 8 heteroatoms. The molecular weight excluding hydrogens is 400 g/mol. The van der Waals surface area contributed by atoms with Gasteiger partial charge < -0.3 is 15.2 Å². The first kappa shape index (κ1) is 19.8. The average molecular weight is 420 g/mol. The van der Waals surface area contributed by atoms with E-state index in [0.717, 1.165) is 15.3 Å². The topological polar surface area (TPSA) is 97.1 Å². The van der Waals surface area contributed by atoms with E-state index in [1.807, 2.05) is 19.9 Å². The number of rotatable bonds is 4. The summed E-state index contributed by atoms with van der Waals surface area (Å²) in [5.74, 6) is -0.645. The molecule has 30 heavy (non-hydrogen) atoms. The first-order valence-electron chi connectivity index (χ1n) is 9.36. The molecular formula is C22H20N4O3S. The van der Waals surface area contributed by atoms with Gasteiger partial charge in [0.2, 0.25) is 0 Å². The molecule has 0 saturated heterocycles. The number of hydrogen-bond acceptors (Lipinski definition) is 6. The molecule has 0 bridgehead atoms. The van der Waals surface area contributed by atoms with Crippen LogP contribution >= 0.6 is 11.3 Å². The minimum Gasteiger partial charge on any atom is -0.355 e. The molecule has 0 spiro atoms. The summed E-state index contributed by atoms with van der Waals surface area (Å²) in [6.45, 7) is 5.81. The van der Waals surface area contributed by atoms with Gasteiger partial charge in [0.1, 0.15) is 0 Å². The number of carbonyl (C=O) groups excluding carboxylic acids is 2. The van der Waals surface area contributed by atoms with Gasteiger partial charge in [0.05, 0.1) is 33.6 Å². The highest BCUT2D eigenvalue weighted by Gasteiger charge is 2.22. The van der Waals surface area contributed by atoms with Gasteiger partial charge in [0, 0.05) is 22.4 Å². The molecule has 2 N–H and O–H groups in total. The van der Waals surface area contributed by atoms with E-state index in [0.29, 0.717) is 39.3 Å². The first-order chi connectivity index (χ1) is 14.4. The third kappa shape index (κ3) is 3.46. The third-order valence-corrected chi connectivity index (χ3v) is 5.79. The number of para-hydroxylation sites is 1. The number of aryl methyl sites for hydroxylation is 3. The number of benzene rings is 1. The van der Waals surface area contributed by atoms with Crippen molar-refractivity contribution in [1.29, 1.82) is 0 Å². The van der Waals surface area contributed by atoms with Gasteiger partial charge in [-0.25, -0.2) is 4.98 Å². The fraction of sp³-hybridized carbons (Fsp3) is 0.182. The van der Waals surface area contributed by atoms with Crippen molar-refractivity contribution in [2.24, 2.45) is 0 Å². The van der Waals surface area contributed by atoms with Crippen molar-refractivity contribution in [3.05, 3.63) is 63.0 Å². The molecule has 0 aliphatic heterocycles. The van der Waals surface area contributed by atoms with Gasteiger partial charge in [0.15, 0.2) is 0 Å². The van der Waals surface area contributed by atoms with Crippen LogP contribution in [0.25, 0.3) is 22.4 Å². The number of pyridine rings is 1. The molecule has 4 aromatic rings. The molecule has 0 aliphatic rings. The molecule has 0 atom stereocenters. The lowest BCUT2D eigenvalue weighted by Gasteiger charge is -2.11. The van der Waals surface area contributed by atoms with E-state index < -0.39 is 0 Å². The summed E-state index contributed by atoms with van der Waals surface area (Å²) in [7, 11) is 1.55. The number of amides is 2. The highest BCUT2D eigenvalue weighted by molar-refractivity contribution is 7.12. The normalized spacial score (nSPS) is 10.9. The molecule has 0 unspecified atom stereocenters. The van der Waals surface area contributed by atoms with E-state index in [-0.39, 0.29) is 11.8 Å². The number of thiophene rings is 1. The standard InChI is InChI=1S/C22H20N4O3S/c1-11-9-15(13(3)30-11)18-10-16(19-12(2)26-29-22(19)25-18)21(28)24-17-8-6-5-7-14(17)20(27)23-4/h5-10H,1-4H3,(H,23,27)(H,24,28). The summed E-state index contributed by atoms with van der Waals surface area (Å²) in [5.41, 5.74) is 3.67. The van der Waals surface area contributed by atoms with Crippen molar-refractivity contribution in [2.45, 2.75) is 20.8 Å². The third-order valence-electron chi connectivity index (χ3n) is 4.83. The molecule has 0 radical (unpaired) electrons. The number of nitrogens with zero attached hydrogens (tertiary/aromatic N) is 2.